The van der Waals surface area contributed by atoms with Crippen LogP contribution >= 0.6 is 11.6 Å². The Hall–Kier alpha value is -3.90. The minimum atomic E-state index is -0.367. The lowest BCUT2D eigenvalue weighted by Gasteiger charge is -2.13. The number of amides is 3. The second-order valence-electron chi connectivity index (χ2n) is 7.14. The van der Waals surface area contributed by atoms with Gasteiger partial charge in [-0.15, -0.1) is 0 Å². The van der Waals surface area contributed by atoms with E-state index in [1.165, 1.54) is 0 Å². The number of imide groups is 1. The summed E-state index contributed by atoms with van der Waals surface area (Å²) in [5.41, 5.74) is 2.11. The highest BCUT2D eigenvalue weighted by Gasteiger charge is 2.35. The summed E-state index contributed by atoms with van der Waals surface area (Å²) in [6.45, 7) is 0. The van der Waals surface area contributed by atoms with Crippen molar-refractivity contribution in [2.45, 2.75) is 6.42 Å². The Labute approximate surface area is 190 Å². The molecule has 0 atom stereocenters. The van der Waals surface area contributed by atoms with Crippen LogP contribution in [0.25, 0.3) is 6.08 Å². The molecular formula is C25H19ClN2O4. The second-order valence-corrected chi connectivity index (χ2v) is 7.58. The van der Waals surface area contributed by atoms with Crippen molar-refractivity contribution in [3.05, 3.63) is 94.5 Å². The van der Waals surface area contributed by atoms with Crippen molar-refractivity contribution < 1.29 is 19.1 Å². The molecule has 1 saturated heterocycles. The maximum atomic E-state index is 12.8. The first kappa shape index (κ1) is 21.3. The molecule has 0 spiro atoms. The molecule has 3 amide bonds. The van der Waals surface area contributed by atoms with Gasteiger partial charge in [-0.3, -0.25) is 14.4 Å². The molecule has 1 aliphatic rings. The van der Waals surface area contributed by atoms with Gasteiger partial charge in [0, 0.05) is 23.2 Å². The molecule has 160 valence electrons. The van der Waals surface area contributed by atoms with E-state index in [0.29, 0.717) is 33.3 Å². The molecule has 6 nitrogen and oxygen atoms in total. The summed E-state index contributed by atoms with van der Waals surface area (Å²) in [4.78, 5) is 38.1. The molecule has 3 aromatic rings. The van der Waals surface area contributed by atoms with E-state index in [4.69, 9.17) is 16.3 Å². The highest BCUT2D eigenvalue weighted by atomic mass is 35.5. The van der Waals surface area contributed by atoms with Crippen LogP contribution in [0.1, 0.15) is 22.3 Å². The quantitative estimate of drug-likeness (QED) is 0.449. The Balaban J connectivity index is 1.53. The van der Waals surface area contributed by atoms with Gasteiger partial charge < -0.3 is 10.1 Å². The number of hydrogen-bond donors (Lipinski definition) is 1. The monoisotopic (exact) mass is 446 g/mol. The summed E-state index contributed by atoms with van der Waals surface area (Å²) in [5, 5.41) is 3.02. The van der Waals surface area contributed by atoms with E-state index in [9.17, 15) is 14.4 Å². The normalized spacial score (nSPS) is 14.7. The number of halogens is 1. The Morgan fingerprint density at radius 1 is 1.00 bits per heavy atom. The number of nitrogens with zero attached hydrogens (tertiary/aromatic N) is 1. The van der Waals surface area contributed by atoms with Crippen molar-refractivity contribution in [2.24, 2.45) is 0 Å². The van der Waals surface area contributed by atoms with Crippen molar-refractivity contribution in [1.82, 2.24) is 5.32 Å². The first-order valence-corrected chi connectivity index (χ1v) is 10.3. The lowest BCUT2D eigenvalue weighted by atomic mass is 10.1. The number of nitrogens with one attached hydrogen (secondary N) is 1. The Morgan fingerprint density at radius 2 is 1.75 bits per heavy atom. The second kappa shape index (κ2) is 9.08. The van der Waals surface area contributed by atoms with Gasteiger partial charge in [-0.1, -0.05) is 29.8 Å². The lowest BCUT2D eigenvalue weighted by molar-refractivity contribution is -0.120. The first-order chi connectivity index (χ1) is 15.4. The molecule has 1 heterocycles. The highest BCUT2D eigenvalue weighted by molar-refractivity contribution is 6.32. The van der Waals surface area contributed by atoms with Gasteiger partial charge >= 0.3 is 0 Å². The predicted octanol–water partition coefficient (Wildman–Crippen LogP) is 4.84. The topological polar surface area (TPSA) is 75.7 Å². The van der Waals surface area contributed by atoms with Crippen LogP contribution in [-0.2, 0) is 9.59 Å². The smallest absolute Gasteiger partial charge is 0.261 e. The third kappa shape index (κ3) is 4.55. The van der Waals surface area contributed by atoms with E-state index in [1.807, 2.05) is 6.07 Å². The van der Waals surface area contributed by atoms with E-state index in [2.05, 4.69) is 5.32 Å². The summed E-state index contributed by atoms with van der Waals surface area (Å²) in [6.07, 6.45) is 1.70. The largest absolute Gasteiger partial charge is 0.457 e. The van der Waals surface area contributed by atoms with Crippen LogP contribution in [0.2, 0.25) is 5.02 Å². The fraction of sp³-hybridized carbons (Fsp3) is 0.0800. The van der Waals surface area contributed by atoms with Crippen molar-refractivity contribution >= 4 is 41.1 Å². The maximum absolute atomic E-state index is 12.8. The van der Waals surface area contributed by atoms with E-state index in [0.717, 1.165) is 10.5 Å². The zero-order valence-electron chi connectivity index (χ0n) is 17.2. The molecule has 0 aliphatic carbocycles. The highest BCUT2D eigenvalue weighted by Crippen LogP contribution is 2.30. The van der Waals surface area contributed by atoms with Crippen LogP contribution in [-0.4, -0.2) is 24.8 Å². The van der Waals surface area contributed by atoms with E-state index in [-0.39, 0.29) is 24.1 Å². The minimum absolute atomic E-state index is 0.0113. The van der Waals surface area contributed by atoms with Crippen LogP contribution in [0.15, 0.2) is 78.4 Å². The SMILES string of the molecule is CNC(=O)c1ccc(Oc2cccc(/C=C3/CC(=O)N(c4cccc(Cl)c4)C3=O)c2)cc1. The number of anilines is 1. The summed E-state index contributed by atoms with van der Waals surface area (Å²) < 4.78 is 5.87. The lowest BCUT2D eigenvalue weighted by Crippen LogP contribution is -2.28. The van der Waals surface area contributed by atoms with Crippen LogP contribution in [0.3, 0.4) is 0 Å². The van der Waals surface area contributed by atoms with Gasteiger partial charge in [0.1, 0.15) is 11.5 Å². The number of hydrogen-bond acceptors (Lipinski definition) is 4. The van der Waals surface area contributed by atoms with Crippen LogP contribution < -0.4 is 15.0 Å². The van der Waals surface area contributed by atoms with Gasteiger partial charge in [0.05, 0.1) is 12.1 Å². The van der Waals surface area contributed by atoms with Crippen molar-refractivity contribution in [2.75, 3.05) is 11.9 Å². The molecule has 0 bridgehead atoms. The molecule has 3 aromatic carbocycles. The molecule has 7 heteroatoms. The van der Waals surface area contributed by atoms with E-state index < -0.39 is 0 Å². The minimum Gasteiger partial charge on any atom is -0.457 e. The van der Waals surface area contributed by atoms with Gasteiger partial charge in [-0.05, 0) is 66.2 Å². The summed E-state index contributed by atoms with van der Waals surface area (Å²) in [7, 11) is 1.57. The fourth-order valence-electron chi connectivity index (χ4n) is 3.39. The Morgan fingerprint density at radius 3 is 2.47 bits per heavy atom. The molecule has 4 rings (SSSR count). The first-order valence-electron chi connectivity index (χ1n) is 9.88. The molecule has 0 saturated carbocycles. The molecule has 1 N–H and O–H groups in total. The van der Waals surface area contributed by atoms with Crippen LogP contribution in [0.5, 0.6) is 11.5 Å². The number of benzene rings is 3. The fourth-order valence-corrected chi connectivity index (χ4v) is 3.57. The standard InChI is InChI=1S/C25H19ClN2O4/c1-27-24(30)17-8-10-21(11-9-17)32-22-7-2-4-16(13-22)12-18-14-23(29)28(25(18)31)20-6-3-5-19(26)15-20/h2-13,15H,14H2,1H3,(H,27,30)/b18-12-. The molecular weight excluding hydrogens is 428 g/mol. The zero-order chi connectivity index (χ0) is 22.7. The predicted molar refractivity (Wildman–Crippen MR) is 123 cm³/mol. The van der Waals surface area contributed by atoms with Gasteiger partial charge in [0.2, 0.25) is 5.91 Å². The zero-order valence-corrected chi connectivity index (χ0v) is 17.9. The molecule has 0 aromatic heterocycles. The van der Waals surface area contributed by atoms with Crippen molar-refractivity contribution in [3.63, 3.8) is 0 Å². The van der Waals surface area contributed by atoms with Crippen LogP contribution in [0.4, 0.5) is 5.69 Å². The van der Waals surface area contributed by atoms with Crippen molar-refractivity contribution in [1.29, 1.82) is 0 Å². The summed E-state index contributed by atoms with van der Waals surface area (Å²) >= 11 is 6.00. The summed E-state index contributed by atoms with van der Waals surface area (Å²) in [5.74, 6) is 0.297. The van der Waals surface area contributed by atoms with Gasteiger partial charge in [0.15, 0.2) is 0 Å². The molecule has 1 aliphatic heterocycles. The maximum Gasteiger partial charge on any atom is 0.261 e. The number of rotatable bonds is 5. The Kier molecular flexibility index (Phi) is 6.05. The van der Waals surface area contributed by atoms with Gasteiger partial charge in [-0.25, -0.2) is 4.90 Å². The number of ether oxygens (including phenoxy) is 1. The van der Waals surface area contributed by atoms with Gasteiger partial charge in [0.25, 0.3) is 11.8 Å². The molecule has 0 radical (unpaired) electrons. The third-order valence-electron chi connectivity index (χ3n) is 4.91. The molecule has 1 fully saturated rings. The third-order valence-corrected chi connectivity index (χ3v) is 5.15. The number of carbonyl (C=O) groups is 3. The molecule has 0 unspecified atom stereocenters. The summed E-state index contributed by atoms with van der Waals surface area (Å²) in [6, 6.07) is 20.6. The average molecular weight is 447 g/mol. The number of carbonyl (C=O) groups excluding carboxylic acids is 3. The van der Waals surface area contributed by atoms with Gasteiger partial charge in [-0.2, -0.15) is 0 Å². The van der Waals surface area contributed by atoms with E-state index in [1.54, 1.807) is 79.9 Å². The molecule has 32 heavy (non-hydrogen) atoms. The van der Waals surface area contributed by atoms with Crippen LogP contribution in [0, 0.1) is 0 Å². The van der Waals surface area contributed by atoms with Crippen molar-refractivity contribution in [3.8, 4) is 11.5 Å². The van der Waals surface area contributed by atoms with E-state index >= 15 is 0 Å². The Bertz CT molecular complexity index is 1230. The average Bonchev–Trinajstić information content (AvgIpc) is 3.06.